The van der Waals surface area contributed by atoms with Crippen molar-refractivity contribution in [3.8, 4) is 0 Å². The molecule has 0 heterocycles. The lowest BCUT2D eigenvalue weighted by molar-refractivity contribution is 0.345. The lowest BCUT2D eigenvalue weighted by Gasteiger charge is -2.39. The molecule has 0 amide bonds. The van der Waals surface area contributed by atoms with Gasteiger partial charge in [-0.25, -0.2) is 0 Å². The van der Waals surface area contributed by atoms with Gasteiger partial charge < -0.3 is 9.80 Å². The van der Waals surface area contributed by atoms with Gasteiger partial charge in [0.1, 0.15) is 0 Å². The van der Waals surface area contributed by atoms with Crippen molar-refractivity contribution in [3.05, 3.63) is 190 Å². The number of rotatable bonds is 8. The molecule has 5 aromatic carbocycles. The van der Waals surface area contributed by atoms with Crippen molar-refractivity contribution in [1.82, 2.24) is 0 Å². The molecule has 2 heteroatoms. The standard InChI is InChI=1S/C47H46N2/c1-35-11-22-42(23-12-35)48(43-24-13-36(2)14-25-43)41-10-8-9-39(19-30-41)47(33-6-5-7-34-47)40-20-31-46(32-21-40)49(44-26-15-37(3)16-27-44)45-28-17-38(4)18-29-45/h9-32H,5-7,33-34H2,1-4H3. The van der Waals surface area contributed by atoms with Crippen LogP contribution in [0.15, 0.2) is 163 Å². The Morgan fingerprint density at radius 1 is 0.429 bits per heavy atom. The van der Waals surface area contributed by atoms with Crippen LogP contribution >= 0.6 is 0 Å². The number of aryl methyl sites for hydroxylation is 4. The van der Waals surface area contributed by atoms with E-state index in [9.17, 15) is 0 Å². The number of nitrogens with zero attached hydrogens (tertiary/aromatic N) is 2. The number of anilines is 5. The molecule has 2 nitrogen and oxygen atoms in total. The molecule has 2 aliphatic rings. The lowest BCUT2D eigenvalue weighted by atomic mass is 9.64. The first kappa shape index (κ1) is 32.3. The fraction of sp³-hybridized carbons (Fsp3) is 0.213. The van der Waals surface area contributed by atoms with Crippen molar-refractivity contribution in [3.63, 3.8) is 0 Å². The lowest BCUT2D eigenvalue weighted by Crippen LogP contribution is -2.31. The third kappa shape index (κ3) is 6.84. The zero-order valence-corrected chi connectivity index (χ0v) is 29.3. The minimum atomic E-state index is -0.0549. The molecule has 0 atom stereocenters. The zero-order chi connectivity index (χ0) is 33.8. The molecule has 49 heavy (non-hydrogen) atoms. The number of allylic oxidation sites excluding steroid dienone is 4. The molecule has 0 saturated heterocycles. The van der Waals surface area contributed by atoms with Crippen LogP contribution in [0.25, 0.3) is 0 Å². The number of hydrogen-bond donors (Lipinski definition) is 0. The molecule has 5 aromatic rings. The van der Waals surface area contributed by atoms with E-state index in [1.165, 1.54) is 69.7 Å². The van der Waals surface area contributed by atoms with Crippen LogP contribution < -0.4 is 9.80 Å². The Balaban J connectivity index is 1.27. The highest BCUT2D eigenvalue weighted by Gasteiger charge is 2.37. The molecule has 1 fully saturated rings. The van der Waals surface area contributed by atoms with Crippen molar-refractivity contribution in [2.75, 3.05) is 9.80 Å². The van der Waals surface area contributed by atoms with E-state index in [0.717, 1.165) is 29.9 Å². The number of hydrogen-bond acceptors (Lipinski definition) is 2. The van der Waals surface area contributed by atoms with Gasteiger partial charge in [-0.3, -0.25) is 0 Å². The van der Waals surface area contributed by atoms with Crippen LogP contribution in [0.2, 0.25) is 0 Å². The predicted molar refractivity (Wildman–Crippen MR) is 209 cm³/mol. The molecule has 1 saturated carbocycles. The summed E-state index contributed by atoms with van der Waals surface area (Å²) in [7, 11) is 0. The van der Waals surface area contributed by atoms with Crippen LogP contribution in [0.5, 0.6) is 0 Å². The highest BCUT2D eigenvalue weighted by molar-refractivity contribution is 5.77. The third-order valence-electron chi connectivity index (χ3n) is 10.3. The Morgan fingerprint density at radius 2 is 0.816 bits per heavy atom. The molecule has 0 bridgehead atoms. The van der Waals surface area contributed by atoms with Crippen molar-refractivity contribution in [2.24, 2.45) is 0 Å². The molecule has 0 unspecified atom stereocenters. The molecular formula is C47H46N2. The van der Waals surface area contributed by atoms with Gasteiger partial charge in [-0.1, -0.05) is 108 Å². The van der Waals surface area contributed by atoms with Gasteiger partial charge in [-0.15, -0.1) is 5.73 Å². The van der Waals surface area contributed by atoms with Crippen LogP contribution in [0.4, 0.5) is 28.4 Å². The van der Waals surface area contributed by atoms with Gasteiger partial charge in [0, 0.05) is 39.9 Å². The largest absolute Gasteiger partial charge is 0.311 e. The van der Waals surface area contributed by atoms with Crippen LogP contribution in [0.1, 0.15) is 59.9 Å². The highest BCUT2D eigenvalue weighted by atomic mass is 15.1. The fourth-order valence-electron chi connectivity index (χ4n) is 7.42. The van der Waals surface area contributed by atoms with Crippen molar-refractivity contribution in [2.45, 2.75) is 65.2 Å². The van der Waals surface area contributed by atoms with E-state index in [2.05, 4.69) is 189 Å². The summed E-state index contributed by atoms with van der Waals surface area (Å²) < 4.78 is 0. The van der Waals surface area contributed by atoms with Crippen LogP contribution in [-0.4, -0.2) is 0 Å². The second-order valence-electron chi connectivity index (χ2n) is 13.9. The zero-order valence-electron chi connectivity index (χ0n) is 29.3. The van der Waals surface area contributed by atoms with E-state index < -0.39 is 0 Å². The Labute approximate surface area is 293 Å². The van der Waals surface area contributed by atoms with E-state index in [4.69, 9.17) is 0 Å². The number of benzene rings is 5. The maximum Gasteiger partial charge on any atom is 0.0538 e. The van der Waals surface area contributed by atoms with Gasteiger partial charge in [0.2, 0.25) is 0 Å². The van der Waals surface area contributed by atoms with Gasteiger partial charge in [0.25, 0.3) is 0 Å². The Bertz CT molecular complexity index is 1920. The Morgan fingerprint density at radius 3 is 1.24 bits per heavy atom. The summed E-state index contributed by atoms with van der Waals surface area (Å²) in [6.45, 7) is 8.57. The third-order valence-corrected chi connectivity index (χ3v) is 10.3. The molecule has 0 radical (unpaired) electrons. The SMILES string of the molecule is Cc1ccc(N(C2=CC=C(C3(c4ccc(N(c5ccc(C)cc5)c5ccc(C)cc5)cc4)CCCCC3)C=C=C2)c2ccc(C)cc2)cc1. The fourth-order valence-corrected chi connectivity index (χ4v) is 7.42. The van der Waals surface area contributed by atoms with Crippen LogP contribution in [0, 0.1) is 27.7 Å². The van der Waals surface area contributed by atoms with E-state index in [1.807, 2.05) is 0 Å². The maximum absolute atomic E-state index is 3.63. The average molecular weight is 639 g/mol. The van der Waals surface area contributed by atoms with Crippen molar-refractivity contribution in [1.29, 1.82) is 0 Å². The van der Waals surface area contributed by atoms with Crippen molar-refractivity contribution < 1.29 is 0 Å². The van der Waals surface area contributed by atoms with E-state index >= 15 is 0 Å². The molecule has 0 N–H and O–H groups in total. The minimum absolute atomic E-state index is 0.0549. The van der Waals surface area contributed by atoms with Gasteiger partial charge in [0.05, 0.1) is 5.70 Å². The summed E-state index contributed by atoms with van der Waals surface area (Å²) in [5.41, 5.74) is 18.2. The molecule has 244 valence electrons. The van der Waals surface area contributed by atoms with E-state index in [-0.39, 0.29) is 5.41 Å². The smallest absolute Gasteiger partial charge is 0.0538 e. The Hall–Kier alpha value is -5.30. The normalized spacial score (nSPS) is 15.3. The summed E-state index contributed by atoms with van der Waals surface area (Å²) in [4.78, 5) is 4.70. The van der Waals surface area contributed by atoms with Crippen LogP contribution in [0.3, 0.4) is 0 Å². The summed E-state index contributed by atoms with van der Waals surface area (Å²) in [6, 6.07) is 44.7. The van der Waals surface area contributed by atoms with Gasteiger partial charge >= 0.3 is 0 Å². The second-order valence-corrected chi connectivity index (χ2v) is 13.9. The summed E-state index contributed by atoms with van der Waals surface area (Å²) >= 11 is 0. The molecule has 0 aliphatic heterocycles. The summed E-state index contributed by atoms with van der Waals surface area (Å²) in [6.07, 6.45) is 15.1. The summed E-state index contributed by atoms with van der Waals surface area (Å²) in [5, 5.41) is 0. The van der Waals surface area contributed by atoms with Crippen LogP contribution in [-0.2, 0) is 5.41 Å². The monoisotopic (exact) mass is 638 g/mol. The second kappa shape index (κ2) is 14.0. The quantitative estimate of drug-likeness (QED) is 0.156. The molecule has 0 spiro atoms. The first-order chi connectivity index (χ1) is 23.9. The molecular weight excluding hydrogens is 593 g/mol. The first-order valence-electron chi connectivity index (χ1n) is 17.7. The van der Waals surface area contributed by atoms with Gasteiger partial charge in [0.15, 0.2) is 0 Å². The summed E-state index contributed by atoms with van der Waals surface area (Å²) in [5.74, 6) is 0. The minimum Gasteiger partial charge on any atom is -0.311 e. The topological polar surface area (TPSA) is 6.48 Å². The first-order valence-corrected chi connectivity index (χ1v) is 17.7. The van der Waals surface area contributed by atoms with Crippen molar-refractivity contribution >= 4 is 28.4 Å². The Kier molecular flexibility index (Phi) is 9.25. The molecule has 2 aliphatic carbocycles. The van der Waals surface area contributed by atoms with E-state index in [1.54, 1.807) is 0 Å². The van der Waals surface area contributed by atoms with E-state index in [0.29, 0.717) is 0 Å². The average Bonchev–Trinajstić information content (AvgIpc) is 3.39. The molecule has 0 aromatic heterocycles. The maximum atomic E-state index is 3.63. The van der Waals surface area contributed by atoms with Gasteiger partial charge in [-0.2, -0.15) is 0 Å². The highest BCUT2D eigenvalue weighted by Crippen LogP contribution is 2.47. The predicted octanol–water partition coefficient (Wildman–Crippen LogP) is 13.0. The van der Waals surface area contributed by atoms with Gasteiger partial charge in [-0.05, 0) is 124 Å². The molecule has 7 rings (SSSR count).